The predicted octanol–water partition coefficient (Wildman–Crippen LogP) is 4.71. The molecule has 0 saturated heterocycles. The third-order valence-electron chi connectivity index (χ3n) is 5.54. The average Bonchev–Trinajstić information content (AvgIpc) is 3.10. The summed E-state index contributed by atoms with van der Waals surface area (Å²) in [5.41, 5.74) is 4.93. The Hall–Kier alpha value is -2.64. The van der Waals surface area contributed by atoms with Crippen LogP contribution in [-0.2, 0) is 4.74 Å². The van der Waals surface area contributed by atoms with Gasteiger partial charge in [0.25, 0.3) is 0 Å². The number of carbonyl (C=O) groups excluding carboxylic acids is 1. The van der Waals surface area contributed by atoms with Gasteiger partial charge in [0, 0.05) is 12.5 Å². The van der Waals surface area contributed by atoms with Gasteiger partial charge in [-0.2, -0.15) is 0 Å². The first kappa shape index (κ1) is 22.6. The molecule has 0 spiro atoms. The SMILES string of the molecule is O=C(NCCC(O)C(O)c1cc(Cl)nc(Cl)c1)OCC1c2ccccc2-c2ccccc21. The maximum absolute atomic E-state index is 12.2. The zero-order valence-electron chi connectivity index (χ0n) is 17.0. The van der Waals surface area contributed by atoms with Gasteiger partial charge in [0.05, 0.1) is 6.10 Å². The van der Waals surface area contributed by atoms with Crippen LogP contribution in [0, 0.1) is 0 Å². The molecular weight excluding hydrogens is 451 g/mol. The number of hydrogen-bond acceptors (Lipinski definition) is 5. The van der Waals surface area contributed by atoms with Gasteiger partial charge < -0.3 is 20.3 Å². The van der Waals surface area contributed by atoms with Crippen molar-refractivity contribution < 1.29 is 19.7 Å². The van der Waals surface area contributed by atoms with Crippen LogP contribution in [0.4, 0.5) is 4.79 Å². The highest BCUT2D eigenvalue weighted by molar-refractivity contribution is 6.32. The lowest BCUT2D eigenvalue weighted by molar-refractivity contribution is 0.0136. The van der Waals surface area contributed by atoms with Gasteiger partial charge >= 0.3 is 6.09 Å². The molecular formula is C24H22Cl2N2O4. The molecule has 3 aromatic rings. The van der Waals surface area contributed by atoms with E-state index in [4.69, 9.17) is 27.9 Å². The summed E-state index contributed by atoms with van der Waals surface area (Å²) in [4.78, 5) is 16.0. The zero-order chi connectivity index (χ0) is 22.7. The van der Waals surface area contributed by atoms with E-state index in [1.165, 1.54) is 12.1 Å². The number of aliphatic hydroxyl groups excluding tert-OH is 2. The van der Waals surface area contributed by atoms with Crippen LogP contribution >= 0.6 is 23.2 Å². The van der Waals surface area contributed by atoms with Gasteiger partial charge in [-0.3, -0.25) is 0 Å². The highest BCUT2D eigenvalue weighted by atomic mass is 35.5. The monoisotopic (exact) mass is 472 g/mol. The van der Waals surface area contributed by atoms with Crippen LogP contribution in [0.5, 0.6) is 0 Å². The number of alkyl carbamates (subject to hydrolysis) is 1. The first-order chi connectivity index (χ1) is 15.4. The lowest BCUT2D eigenvalue weighted by Crippen LogP contribution is -2.30. The molecule has 1 aliphatic rings. The maximum atomic E-state index is 12.2. The van der Waals surface area contributed by atoms with E-state index in [1.54, 1.807) is 0 Å². The third-order valence-corrected chi connectivity index (χ3v) is 5.93. The van der Waals surface area contributed by atoms with Crippen LogP contribution in [0.1, 0.15) is 35.1 Å². The fourth-order valence-corrected chi connectivity index (χ4v) is 4.48. The molecule has 6 nitrogen and oxygen atoms in total. The number of aromatic nitrogens is 1. The van der Waals surface area contributed by atoms with E-state index >= 15 is 0 Å². The molecule has 0 fully saturated rings. The van der Waals surface area contributed by atoms with Gasteiger partial charge in [0.15, 0.2) is 0 Å². The molecule has 2 unspecified atom stereocenters. The molecule has 166 valence electrons. The number of hydrogen-bond donors (Lipinski definition) is 3. The highest BCUT2D eigenvalue weighted by Gasteiger charge is 2.29. The molecule has 0 bridgehead atoms. The zero-order valence-corrected chi connectivity index (χ0v) is 18.6. The minimum absolute atomic E-state index is 0.0262. The van der Waals surface area contributed by atoms with E-state index in [-0.39, 0.29) is 35.8 Å². The van der Waals surface area contributed by atoms with E-state index in [9.17, 15) is 15.0 Å². The van der Waals surface area contributed by atoms with Crippen LogP contribution in [0.25, 0.3) is 11.1 Å². The number of rotatable bonds is 7. The quantitative estimate of drug-likeness (QED) is 0.433. The Kier molecular flexibility index (Phi) is 6.96. The Labute approximate surface area is 195 Å². The topological polar surface area (TPSA) is 91.7 Å². The molecule has 32 heavy (non-hydrogen) atoms. The molecule has 0 aliphatic heterocycles. The Morgan fingerprint density at radius 3 is 2.16 bits per heavy atom. The van der Waals surface area contributed by atoms with Crippen molar-refractivity contribution in [2.75, 3.05) is 13.2 Å². The normalized spacial score (nSPS) is 14.4. The number of benzene rings is 2. The van der Waals surface area contributed by atoms with E-state index in [0.29, 0.717) is 5.56 Å². The fourth-order valence-electron chi connectivity index (χ4n) is 4.01. The van der Waals surface area contributed by atoms with Gasteiger partial charge in [-0.1, -0.05) is 71.7 Å². The summed E-state index contributed by atoms with van der Waals surface area (Å²) in [5, 5.41) is 23.4. The Balaban J connectivity index is 1.29. The molecule has 1 heterocycles. The van der Waals surface area contributed by atoms with Gasteiger partial charge in [-0.05, 0) is 46.4 Å². The second-order valence-electron chi connectivity index (χ2n) is 7.60. The molecule has 1 aliphatic carbocycles. The molecule has 3 N–H and O–H groups in total. The number of nitrogens with zero attached hydrogens (tertiary/aromatic N) is 1. The van der Waals surface area contributed by atoms with Crippen molar-refractivity contribution in [3.8, 4) is 11.1 Å². The first-order valence-electron chi connectivity index (χ1n) is 10.2. The minimum Gasteiger partial charge on any atom is -0.449 e. The summed E-state index contributed by atoms with van der Waals surface area (Å²) < 4.78 is 5.46. The minimum atomic E-state index is -1.21. The van der Waals surface area contributed by atoms with Gasteiger partial charge in [0.1, 0.15) is 23.0 Å². The summed E-state index contributed by atoms with van der Waals surface area (Å²) in [6.45, 7) is 0.334. The van der Waals surface area contributed by atoms with Crippen LogP contribution in [0.15, 0.2) is 60.7 Å². The number of fused-ring (bicyclic) bond motifs is 3. The second-order valence-corrected chi connectivity index (χ2v) is 8.37. The van der Waals surface area contributed by atoms with Crippen molar-refractivity contribution in [2.45, 2.75) is 24.5 Å². The van der Waals surface area contributed by atoms with Gasteiger partial charge in [-0.15, -0.1) is 0 Å². The number of aliphatic hydroxyl groups is 2. The van der Waals surface area contributed by atoms with Gasteiger partial charge in [-0.25, -0.2) is 9.78 Å². The number of amides is 1. The van der Waals surface area contributed by atoms with Crippen molar-refractivity contribution in [1.82, 2.24) is 10.3 Å². The lowest BCUT2D eigenvalue weighted by Gasteiger charge is -2.19. The number of halogens is 2. The van der Waals surface area contributed by atoms with E-state index < -0.39 is 18.3 Å². The summed E-state index contributed by atoms with van der Waals surface area (Å²) in [7, 11) is 0. The average molecular weight is 473 g/mol. The van der Waals surface area contributed by atoms with Gasteiger partial charge in [0.2, 0.25) is 0 Å². The maximum Gasteiger partial charge on any atom is 0.407 e. The molecule has 8 heteroatoms. The lowest BCUT2D eigenvalue weighted by atomic mass is 9.98. The standard InChI is InChI=1S/C24H22Cl2N2O4/c25-21-11-14(12-22(26)28-21)23(30)20(29)9-10-27-24(31)32-13-19-17-7-3-1-5-15(17)16-6-2-4-8-18(16)19/h1-8,11-12,19-20,23,29-30H,9-10,13H2,(H,27,31). The molecule has 4 rings (SSSR count). The number of nitrogens with one attached hydrogen (secondary N) is 1. The summed E-state index contributed by atoms with van der Waals surface area (Å²) in [6, 6.07) is 19.1. The molecule has 2 atom stereocenters. The smallest absolute Gasteiger partial charge is 0.407 e. The van der Waals surface area contributed by atoms with Crippen LogP contribution < -0.4 is 5.32 Å². The van der Waals surface area contributed by atoms with Crippen molar-refractivity contribution in [3.05, 3.63) is 87.7 Å². The van der Waals surface area contributed by atoms with Crippen LogP contribution in [0.2, 0.25) is 10.3 Å². The molecule has 0 saturated carbocycles. The Morgan fingerprint density at radius 2 is 1.56 bits per heavy atom. The van der Waals surface area contributed by atoms with Crippen molar-refractivity contribution >= 4 is 29.3 Å². The van der Waals surface area contributed by atoms with E-state index in [2.05, 4.69) is 34.6 Å². The predicted molar refractivity (Wildman–Crippen MR) is 123 cm³/mol. The van der Waals surface area contributed by atoms with Crippen LogP contribution in [-0.4, -0.2) is 40.5 Å². The molecule has 1 aromatic heterocycles. The van der Waals surface area contributed by atoms with Crippen molar-refractivity contribution in [1.29, 1.82) is 0 Å². The van der Waals surface area contributed by atoms with Crippen molar-refractivity contribution in [3.63, 3.8) is 0 Å². The summed E-state index contributed by atoms with van der Waals surface area (Å²) in [5.74, 6) is -0.0262. The third kappa shape index (κ3) is 4.89. The number of pyridine rings is 1. The molecule has 0 radical (unpaired) electrons. The number of carbonyl (C=O) groups is 1. The Bertz CT molecular complexity index is 1060. The van der Waals surface area contributed by atoms with E-state index in [0.717, 1.165) is 22.3 Å². The molecule has 1 amide bonds. The fraction of sp³-hybridized carbons (Fsp3) is 0.250. The van der Waals surface area contributed by atoms with Crippen molar-refractivity contribution in [2.24, 2.45) is 0 Å². The largest absolute Gasteiger partial charge is 0.449 e. The Morgan fingerprint density at radius 1 is 1.00 bits per heavy atom. The summed E-state index contributed by atoms with van der Waals surface area (Å²) in [6.07, 6.45) is -2.80. The number of ether oxygens (including phenoxy) is 1. The van der Waals surface area contributed by atoms with Crippen LogP contribution in [0.3, 0.4) is 0 Å². The summed E-state index contributed by atoms with van der Waals surface area (Å²) >= 11 is 11.7. The van der Waals surface area contributed by atoms with E-state index in [1.807, 2.05) is 24.3 Å². The molecule has 2 aromatic carbocycles. The highest BCUT2D eigenvalue weighted by Crippen LogP contribution is 2.44. The first-order valence-corrected chi connectivity index (χ1v) is 11.0. The second kappa shape index (κ2) is 9.88.